The van der Waals surface area contributed by atoms with Crippen LogP contribution >= 0.6 is 11.6 Å². The van der Waals surface area contributed by atoms with E-state index < -0.39 is 17.8 Å². The summed E-state index contributed by atoms with van der Waals surface area (Å²) in [6.45, 7) is 1.68. The summed E-state index contributed by atoms with van der Waals surface area (Å²) in [4.78, 5) is 36.7. The van der Waals surface area contributed by atoms with Crippen molar-refractivity contribution in [1.29, 1.82) is 0 Å². The maximum atomic E-state index is 12.8. The molecule has 9 nitrogen and oxygen atoms in total. The Morgan fingerprint density at radius 1 is 1.00 bits per heavy atom. The summed E-state index contributed by atoms with van der Waals surface area (Å²) < 4.78 is 10.9. The third kappa shape index (κ3) is 4.15. The molecule has 0 saturated carbocycles. The van der Waals surface area contributed by atoms with Crippen molar-refractivity contribution in [3.8, 4) is 5.69 Å². The van der Waals surface area contributed by atoms with Crippen LogP contribution in [0.4, 0.5) is 5.69 Å². The zero-order chi connectivity index (χ0) is 21.8. The minimum Gasteiger partial charge on any atom is -0.465 e. The number of anilines is 1. The van der Waals surface area contributed by atoms with E-state index >= 15 is 0 Å². The first-order valence-electron chi connectivity index (χ1n) is 8.66. The van der Waals surface area contributed by atoms with Gasteiger partial charge in [0, 0.05) is 5.02 Å². The number of benzene rings is 2. The first-order valence-corrected chi connectivity index (χ1v) is 9.03. The fourth-order valence-electron chi connectivity index (χ4n) is 2.73. The van der Waals surface area contributed by atoms with Crippen LogP contribution < -0.4 is 5.32 Å². The number of ether oxygens (including phenoxy) is 2. The van der Waals surface area contributed by atoms with Gasteiger partial charge in [0.05, 0.1) is 42.4 Å². The molecule has 3 aromatic rings. The van der Waals surface area contributed by atoms with Gasteiger partial charge >= 0.3 is 11.9 Å². The highest BCUT2D eigenvalue weighted by Gasteiger charge is 2.22. The molecule has 0 saturated heterocycles. The molecular weight excluding hydrogens is 412 g/mol. The summed E-state index contributed by atoms with van der Waals surface area (Å²) in [7, 11) is 2.44. The molecule has 0 aliphatic carbocycles. The van der Waals surface area contributed by atoms with Crippen molar-refractivity contribution < 1.29 is 23.9 Å². The number of halogens is 1. The van der Waals surface area contributed by atoms with E-state index in [1.165, 1.54) is 37.1 Å². The highest BCUT2D eigenvalue weighted by molar-refractivity contribution is 6.30. The van der Waals surface area contributed by atoms with E-state index in [9.17, 15) is 14.4 Å². The van der Waals surface area contributed by atoms with Crippen molar-refractivity contribution in [2.75, 3.05) is 19.5 Å². The number of nitrogens with one attached hydrogen (secondary N) is 1. The Hall–Kier alpha value is -3.72. The lowest BCUT2D eigenvalue weighted by molar-refractivity contribution is 0.0587. The number of hydrogen-bond acceptors (Lipinski definition) is 7. The Balaban J connectivity index is 1.95. The lowest BCUT2D eigenvalue weighted by atomic mass is 10.1. The Kier molecular flexibility index (Phi) is 6.12. The van der Waals surface area contributed by atoms with E-state index in [0.29, 0.717) is 16.4 Å². The Morgan fingerprint density at radius 2 is 1.67 bits per heavy atom. The van der Waals surface area contributed by atoms with E-state index in [2.05, 4.69) is 20.4 Å². The molecule has 1 amide bonds. The summed E-state index contributed by atoms with van der Waals surface area (Å²) in [5.41, 5.74) is 1.49. The summed E-state index contributed by atoms with van der Waals surface area (Å²) in [6, 6.07) is 11.0. The number of hydrogen-bond donors (Lipinski definition) is 1. The van der Waals surface area contributed by atoms with Gasteiger partial charge in [-0.15, -0.1) is 5.10 Å². The van der Waals surface area contributed by atoms with Crippen LogP contribution in [0, 0.1) is 6.92 Å². The molecular formula is C20H17ClN4O5. The van der Waals surface area contributed by atoms with E-state index in [0.717, 1.165) is 0 Å². The van der Waals surface area contributed by atoms with Gasteiger partial charge in [-0.2, -0.15) is 0 Å². The monoisotopic (exact) mass is 428 g/mol. The quantitative estimate of drug-likeness (QED) is 0.621. The van der Waals surface area contributed by atoms with Crippen molar-refractivity contribution in [3.63, 3.8) is 0 Å². The summed E-state index contributed by atoms with van der Waals surface area (Å²) in [5.74, 6) is -1.91. The van der Waals surface area contributed by atoms with Crippen molar-refractivity contribution in [3.05, 3.63) is 70.0 Å². The molecule has 2 aromatic carbocycles. The van der Waals surface area contributed by atoms with Gasteiger partial charge in [-0.25, -0.2) is 14.3 Å². The van der Waals surface area contributed by atoms with Crippen LogP contribution in [0.1, 0.15) is 36.9 Å². The molecule has 1 aromatic heterocycles. The highest BCUT2D eigenvalue weighted by atomic mass is 35.5. The number of carbonyl (C=O) groups excluding carboxylic acids is 3. The number of rotatable bonds is 5. The molecule has 0 atom stereocenters. The topological polar surface area (TPSA) is 112 Å². The van der Waals surface area contributed by atoms with Crippen molar-refractivity contribution in [1.82, 2.24) is 15.0 Å². The van der Waals surface area contributed by atoms with Gasteiger partial charge < -0.3 is 14.8 Å². The second kappa shape index (κ2) is 8.75. The first kappa shape index (κ1) is 21.0. The average Bonchev–Trinajstić information content (AvgIpc) is 3.14. The molecule has 1 N–H and O–H groups in total. The smallest absolute Gasteiger partial charge is 0.339 e. The zero-order valence-corrected chi connectivity index (χ0v) is 17.1. The van der Waals surface area contributed by atoms with Gasteiger partial charge in [0.1, 0.15) is 0 Å². The molecule has 10 heteroatoms. The fraction of sp³-hybridized carbons (Fsp3) is 0.150. The van der Waals surface area contributed by atoms with Gasteiger partial charge in [-0.05, 0) is 49.4 Å². The van der Waals surface area contributed by atoms with Crippen LogP contribution in [0.5, 0.6) is 0 Å². The third-order valence-corrected chi connectivity index (χ3v) is 4.53. The van der Waals surface area contributed by atoms with Gasteiger partial charge in [0.2, 0.25) is 0 Å². The van der Waals surface area contributed by atoms with Crippen LogP contribution in [0.3, 0.4) is 0 Å². The molecule has 0 spiro atoms. The van der Waals surface area contributed by atoms with Crippen molar-refractivity contribution in [2.45, 2.75) is 6.92 Å². The van der Waals surface area contributed by atoms with Crippen LogP contribution in [0.25, 0.3) is 5.69 Å². The molecule has 3 rings (SSSR count). The Labute approximate surface area is 176 Å². The van der Waals surface area contributed by atoms with Crippen molar-refractivity contribution in [2.24, 2.45) is 0 Å². The van der Waals surface area contributed by atoms with E-state index in [1.807, 2.05) is 0 Å². The number of esters is 2. The predicted octanol–water partition coefficient (Wildman–Crippen LogP) is 3.05. The minimum atomic E-state index is -0.678. The summed E-state index contributed by atoms with van der Waals surface area (Å²) in [6.07, 6.45) is 0. The molecule has 0 aliphatic rings. The molecule has 1 heterocycles. The molecule has 0 radical (unpaired) electrons. The van der Waals surface area contributed by atoms with Crippen LogP contribution in [0.15, 0.2) is 42.5 Å². The zero-order valence-electron chi connectivity index (χ0n) is 16.3. The largest absolute Gasteiger partial charge is 0.465 e. The van der Waals surface area contributed by atoms with E-state index in [4.69, 9.17) is 16.3 Å². The second-order valence-electron chi connectivity index (χ2n) is 6.11. The van der Waals surface area contributed by atoms with Gasteiger partial charge in [-0.1, -0.05) is 16.8 Å². The molecule has 30 heavy (non-hydrogen) atoms. The highest BCUT2D eigenvalue weighted by Crippen LogP contribution is 2.22. The number of methoxy groups -OCH3 is 2. The Morgan fingerprint density at radius 3 is 2.30 bits per heavy atom. The molecule has 0 aliphatic heterocycles. The number of aromatic nitrogens is 3. The predicted molar refractivity (Wildman–Crippen MR) is 108 cm³/mol. The molecule has 0 fully saturated rings. The van der Waals surface area contributed by atoms with Gasteiger partial charge in [-0.3, -0.25) is 4.79 Å². The third-order valence-electron chi connectivity index (χ3n) is 4.28. The van der Waals surface area contributed by atoms with E-state index in [1.54, 1.807) is 31.2 Å². The van der Waals surface area contributed by atoms with Crippen LogP contribution in [-0.4, -0.2) is 47.1 Å². The lowest BCUT2D eigenvalue weighted by Gasteiger charge is -2.11. The van der Waals surface area contributed by atoms with Crippen molar-refractivity contribution >= 4 is 35.1 Å². The van der Waals surface area contributed by atoms with Crippen LogP contribution in [0.2, 0.25) is 5.02 Å². The molecule has 0 bridgehead atoms. The molecule has 0 unspecified atom stereocenters. The SMILES string of the molecule is COC(=O)c1ccc(C(=O)OC)c(NC(=O)c2nnn(-c3ccc(Cl)cc3)c2C)c1. The summed E-state index contributed by atoms with van der Waals surface area (Å²) in [5, 5.41) is 11.1. The maximum absolute atomic E-state index is 12.8. The van der Waals surface area contributed by atoms with Gasteiger partial charge in [0.15, 0.2) is 5.69 Å². The first-order chi connectivity index (χ1) is 14.3. The maximum Gasteiger partial charge on any atom is 0.339 e. The summed E-state index contributed by atoms with van der Waals surface area (Å²) >= 11 is 5.90. The normalized spacial score (nSPS) is 10.4. The average molecular weight is 429 g/mol. The second-order valence-corrected chi connectivity index (χ2v) is 6.55. The lowest BCUT2D eigenvalue weighted by Crippen LogP contribution is -2.18. The number of carbonyl (C=O) groups is 3. The number of nitrogens with zero attached hydrogens (tertiary/aromatic N) is 3. The fourth-order valence-corrected chi connectivity index (χ4v) is 2.85. The van der Waals surface area contributed by atoms with E-state index in [-0.39, 0.29) is 22.5 Å². The van der Waals surface area contributed by atoms with Crippen LogP contribution in [-0.2, 0) is 9.47 Å². The number of amides is 1. The molecule has 154 valence electrons. The van der Waals surface area contributed by atoms with Gasteiger partial charge in [0.25, 0.3) is 5.91 Å². The minimum absolute atomic E-state index is 0.0456. The Bertz CT molecular complexity index is 1120. The standard InChI is InChI=1S/C20H17ClN4O5/c1-11-17(23-24-25(11)14-7-5-13(21)6-8-14)18(26)22-16-10-12(19(27)29-2)4-9-15(16)20(28)30-3/h4-10H,1-3H3,(H,22,26).